The van der Waals surface area contributed by atoms with Gasteiger partial charge in [0.2, 0.25) is 0 Å². The maximum atomic E-state index is 11.9. The van der Waals surface area contributed by atoms with E-state index in [0.29, 0.717) is 11.0 Å². The number of fused-ring (bicyclic) bond motifs is 1. The monoisotopic (exact) mass is 255 g/mol. The number of pyridine rings is 1. The van der Waals surface area contributed by atoms with Crippen molar-refractivity contribution in [3.63, 3.8) is 0 Å². The summed E-state index contributed by atoms with van der Waals surface area (Å²) in [6.07, 6.45) is 0.384. The van der Waals surface area contributed by atoms with Gasteiger partial charge in [-0.1, -0.05) is 0 Å². The molecule has 0 fully saturated rings. The van der Waals surface area contributed by atoms with Crippen LogP contribution in [0.2, 0.25) is 0 Å². The van der Waals surface area contributed by atoms with Gasteiger partial charge in [-0.2, -0.15) is 0 Å². The highest BCUT2D eigenvalue weighted by molar-refractivity contribution is 5.72. The lowest BCUT2D eigenvalue weighted by Gasteiger charge is -2.06. The topological polar surface area (TPSA) is 57.0 Å². The van der Waals surface area contributed by atoms with Gasteiger partial charge in [-0.15, -0.1) is 0 Å². The fraction of sp³-hybridized carbons (Fsp3) is 0.364. The molecule has 0 unspecified atom stereocenters. The zero-order chi connectivity index (χ0) is 13.0. The lowest BCUT2D eigenvalue weighted by molar-refractivity contribution is 0.0145. The standard InChI is InChI=1S/C11H11F2N3O2/c12-9(13)6-18-5-4-16-7-15-10-8(11(16)17)2-1-3-14-10/h1-3,7,9H,4-6H2. The summed E-state index contributed by atoms with van der Waals surface area (Å²) in [4.78, 5) is 19.9. The van der Waals surface area contributed by atoms with Crippen LogP contribution in [0.1, 0.15) is 0 Å². The van der Waals surface area contributed by atoms with Crippen LogP contribution >= 0.6 is 0 Å². The molecule has 0 atom stereocenters. The van der Waals surface area contributed by atoms with E-state index in [1.54, 1.807) is 18.3 Å². The van der Waals surface area contributed by atoms with Crippen LogP contribution in [-0.4, -0.2) is 34.2 Å². The maximum Gasteiger partial charge on any atom is 0.262 e. The minimum absolute atomic E-state index is 0.0394. The predicted octanol–water partition coefficient (Wildman–Crippen LogP) is 1.07. The third kappa shape index (κ3) is 2.86. The van der Waals surface area contributed by atoms with Crippen LogP contribution in [0.5, 0.6) is 0 Å². The summed E-state index contributed by atoms with van der Waals surface area (Å²) in [5.41, 5.74) is 0.112. The van der Waals surface area contributed by atoms with Gasteiger partial charge in [0.1, 0.15) is 12.9 Å². The van der Waals surface area contributed by atoms with Crippen molar-refractivity contribution in [3.05, 3.63) is 35.0 Å². The van der Waals surface area contributed by atoms with E-state index in [0.717, 1.165) is 0 Å². The summed E-state index contributed by atoms with van der Waals surface area (Å²) in [7, 11) is 0. The fourth-order valence-electron chi connectivity index (χ4n) is 1.49. The van der Waals surface area contributed by atoms with E-state index in [4.69, 9.17) is 4.74 Å². The number of ether oxygens (including phenoxy) is 1. The quantitative estimate of drug-likeness (QED) is 0.750. The number of halogens is 2. The van der Waals surface area contributed by atoms with Crippen molar-refractivity contribution in [3.8, 4) is 0 Å². The van der Waals surface area contributed by atoms with Gasteiger partial charge in [0.25, 0.3) is 12.0 Å². The molecule has 7 heteroatoms. The SMILES string of the molecule is O=c1c2cccnc2ncn1CCOCC(F)F. The first-order chi connectivity index (χ1) is 8.68. The molecule has 5 nitrogen and oxygen atoms in total. The van der Waals surface area contributed by atoms with E-state index in [1.807, 2.05) is 0 Å². The smallest absolute Gasteiger partial charge is 0.262 e. The second kappa shape index (κ2) is 5.63. The minimum Gasteiger partial charge on any atom is -0.374 e. The average molecular weight is 255 g/mol. The molecule has 0 aliphatic heterocycles. The Bertz CT molecular complexity index is 586. The number of nitrogens with zero attached hydrogens (tertiary/aromatic N) is 3. The van der Waals surface area contributed by atoms with Crippen LogP contribution in [0.15, 0.2) is 29.5 Å². The molecular weight excluding hydrogens is 244 g/mol. The van der Waals surface area contributed by atoms with Gasteiger partial charge in [0.15, 0.2) is 5.65 Å². The lowest BCUT2D eigenvalue weighted by atomic mass is 10.3. The molecule has 0 aliphatic carbocycles. The highest BCUT2D eigenvalue weighted by Crippen LogP contribution is 2.01. The second-order valence-corrected chi connectivity index (χ2v) is 3.58. The summed E-state index contributed by atoms with van der Waals surface area (Å²) in [5, 5.41) is 0.397. The Kier molecular flexibility index (Phi) is 3.93. The molecule has 0 aromatic carbocycles. The van der Waals surface area contributed by atoms with Crippen molar-refractivity contribution in [1.82, 2.24) is 14.5 Å². The first-order valence-electron chi connectivity index (χ1n) is 5.34. The minimum atomic E-state index is -2.50. The Labute approximate surface area is 101 Å². The van der Waals surface area contributed by atoms with E-state index < -0.39 is 13.0 Å². The number of aromatic nitrogens is 3. The third-order valence-corrected chi connectivity index (χ3v) is 2.32. The van der Waals surface area contributed by atoms with Gasteiger partial charge in [-0.05, 0) is 12.1 Å². The molecule has 18 heavy (non-hydrogen) atoms. The summed E-state index contributed by atoms with van der Waals surface area (Å²) >= 11 is 0. The molecular formula is C11H11F2N3O2. The van der Waals surface area contributed by atoms with Crippen molar-refractivity contribution in [2.75, 3.05) is 13.2 Å². The van der Waals surface area contributed by atoms with Gasteiger partial charge >= 0.3 is 0 Å². The van der Waals surface area contributed by atoms with Gasteiger partial charge in [0.05, 0.1) is 18.5 Å². The van der Waals surface area contributed by atoms with Gasteiger partial charge in [0, 0.05) is 6.20 Å². The Hall–Kier alpha value is -1.89. The lowest BCUT2D eigenvalue weighted by Crippen LogP contribution is -2.23. The molecule has 0 bridgehead atoms. The van der Waals surface area contributed by atoms with Gasteiger partial charge in [-0.25, -0.2) is 18.7 Å². The fourth-order valence-corrected chi connectivity index (χ4v) is 1.49. The van der Waals surface area contributed by atoms with Crippen molar-refractivity contribution in [2.45, 2.75) is 13.0 Å². The molecule has 2 heterocycles. The van der Waals surface area contributed by atoms with Crippen molar-refractivity contribution < 1.29 is 13.5 Å². The van der Waals surface area contributed by atoms with E-state index in [2.05, 4.69) is 9.97 Å². The molecule has 0 radical (unpaired) electrons. The molecule has 0 saturated heterocycles. The molecule has 0 aliphatic rings. The van der Waals surface area contributed by atoms with Crippen LogP contribution in [0, 0.1) is 0 Å². The largest absolute Gasteiger partial charge is 0.374 e. The summed E-state index contributed by atoms with van der Waals surface area (Å²) in [5.74, 6) is 0. The first kappa shape index (κ1) is 12.6. The molecule has 2 aromatic heterocycles. The zero-order valence-electron chi connectivity index (χ0n) is 9.42. The van der Waals surface area contributed by atoms with Crippen molar-refractivity contribution >= 4 is 11.0 Å². The molecule has 96 valence electrons. The Morgan fingerprint density at radius 3 is 3.00 bits per heavy atom. The first-order valence-corrected chi connectivity index (χ1v) is 5.34. The Morgan fingerprint density at radius 1 is 1.39 bits per heavy atom. The van der Waals surface area contributed by atoms with Crippen LogP contribution in [0.25, 0.3) is 11.0 Å². The number of alkyl halides is 2. The van der Waals surface area contributed by atoms with E-state index in [9.17, 15) is 13.6 Å². The molecule has 2 aromatic rings. The molecule has 0 spiro atoms. The van der Waals surface area contributed by atoms with Crippen LogP contribution in [0.3, 0.4) is 0 Å². The van der Waals surface area contributed by atoms with E-state index >= 15 is 0 Å². The maximum absolute atomic E-state index is 11.9. The highest BCUT2D eigenvalue weighted by Gasteiger charge is 2.05. The molecule has 0 amide bonds. The Balaban J connectivity index is 2.10. The Morgan fingerprint density at radius 2 is 2.22 bits per heavy atom. The third-order valence-electron chi connectivity index (χ3n) is 2.32. The molecule has 2 rings (SSSR count). The highest BCUT2D eigenvalue weighted by atomic mass is 19.3. The summed E-state index contributed by atoms with van der Waals surface area (Å²) < 4.78 is 29.7. The van der Waals surface area contributed by atoms with Crippen LogP contribution < -0.4 is 5.56 Å². The summed E-state index contributed by atoms with van der Waals surface area (Å²) in [6.45, 7) is -0.404. The van der Waals surface area contributed by atoms with Crippen molar-refractivity contribution in [2.24, 2.45) is 0 Å². The molecule has 0 N–H and O–H groups in total. The normalized spacial score (nSPS) is 11.3. The predicted molar refractivity (Wildman–Crippen MR) is 60.6 cm³/mol. The van der Waals surface area contributed by atoms with Crippen LogP contribution in [0.4, 0.5) is 8.78 Å². The van der Waals surface area contributed by atoms with Gasteiger partial charge in [-0.3, -0.25) is 9.36 Å². The summed E-state index contributed by atoms with van der Waals surface area (Å²) in [6, 6.07) is 3.26. The van der Waals surface area contributed by atoms with Crippen molar-refractivity contribution in [1.29, 1.82) is 0 Å². The van der Waals surface area contributed by atoms with E-state index in [-0.39, 0.29) is 18.7 Å². The van der Waals surface area contributed by atoms with Crippen LogP contribution in [-0.2, 0) is 11.3 Å². The number of hydrogen-bond donors (Lipinski definition) is 0. The van der Waals surface area contributed by atoms with Gasteiger partial charge < -0.3 is 4.74 Å². The van der Waals surface area contributed by atoms with E-state index in [1.165, 1.54) is 10.9 Å². The second-order valence-electron chi connectivity index (χ2n) is 3.58. The zero-order valence-corrected chi connectivity index (χ0v) is 9.42. The number of hydrogen-bond acceptors (Lipinski definition) is 4. The molecule has 0 saturated carbocycles. The average Bonchev–Trinajstić information content (AvgIpc) is 2.37. The number of rotatable bonds is 5.